The minimum Gasteiger partial charge on any atom is -0.486 e. The highest BCUT2D eigenvalue weighted by atomic mass is 19.3. The van der Waals surface area contributed by atoms with Gasteiger partial charge in [0.05, 0.1) is 0 Å². The van der Waals surface area contributed by atoms with Gasteiger partial charge in [-0.2, -0.15) is 8.78 Å². The van der Waals surface area contributed by atoms with Gasteiger partial charge in [0.25, 0.3) is 0 Å². The lowest BCUT2D eigenvalue weighted by Gasteiger charge is -2.27. The van der Waals surface area contributed by atoms with Crippen LogP contribution in [0.1, 0.15) is 37.2 Å². The number of alkyl halides is 2. The number of fused-ring (bicyclic) bond motifs is 2. The predicted molar refractivity (Wildman–Crippen MR) is 87.1 cm³/mol. The predicted octanol–water partition coefficient (Wildman–Crippen LogP) is 3.25. The van der Waals surface area contributed by atoms with Crippen molar-refractivity contribution in [3.63, 3.8) is 0 Å². The molecule has 0 radical (unpaired) electrons. The van der Waals surface area contributed by atoms with Gasteiger partial charge >= 0.3 is 12.6 Å². The van der Waals surface area contributed by atoms with Gasteiger partial charge in [-0.3, -0.25) is 0 Å². The van der Waals surface area contributed by atoms with Crippen molar-refractivity contribution >= 4 is 6.03 Å². The van der Waals surface area contributed by atoms with Crippen molar-refractivity contribution in [2.24, 2.45) is 11.8 Å². The fourth-order valence-corrected chi connectivity index (χ4v) is 4.36. The topological polar surface area (TPSA) is 59.6 Å². The molecule has 3 atom stereocenters. The Morgan fingerprint density at radius 2 is 1.88 bits per heavy atom. The van der Waals surface area contributed by atoms with Crippen molar-refractivity contribution in [3.8, 4) is 11.5 Å². The summed E-state index contributed by atoms with van der Waals surface area (Å²) in [5.74, 6) is 1.75. The molecule has 1 saturated heterocycles. The van der Waals surface area contributed by atoms with E-state index in [0.29, 0.717) is 30.7 Å². The molecule has 0 spiro atoms. The van der Waals surface area contributed by atoms with E-state index in [2.05, 4.69) is 15.4 Å². The highest BCUT2D eigenvalue weighted by Gasteiger charge is 2.41. The van der Waals surface area contributed by atoms with Crippen molar-refractivity contribution in [2.45, 2.75) is 44.3 Å². The molecule has 3 aliphatic rings. The third-order valence-electron chi connectivity index (χ3n) is 5.62. The molecule has 3 unspecified atom stereocenters. The molecule has 0 aromatic heterocycles. The zero-order chi connectivity index (χ0) is 17.4. The largest absolute Gasteiger partial charge is 0.486 e. The number of ether oxygens (including phenoxy) is 2. The Kier molecular flexibility index (Phi) is 4.39. The molecule has 2 N–H and O–H groups in total. The van der Waals surface area contributed by atoms with Crippen LogP contribution in [0, 0.1) is 11.8 Å². The molecule has 3 fully saturated rings. The minimum absolute atomic E-state index is 0.0701. The highest BCUT2D eigenvalue weighted by molar-refractivity contribution is 5.75. The van der Waals surface area contributed by atoms with Gasteiger partial charge in [-0.1, -0.05) is 6.07 Å². The Morgan fingerprint density at radius 3 is 2.52 bits per heavy atom. The van der Waals surface area contributed by atoms with Crippen LogP contribution in [0.2, 0.25) is 0 Å². The van der Waals surface area contributed by atoms with Crippen LogP contribution in [0.3, 0.4) is 0 Å². The number of hydrogen-bond donors (Lipinski definition) is 2. The molecule has 1 aromatic carbocycles. The number of amides is 2. The fourth-order valence-electron chi connectivity index (χ4n) is 4.36. The van der Waals surface area contributed by atoms with Crippen molar-refractivity contribution in [3.05, 3.63) is 23.8 Å². The SMILES string of the molecule is O=C1NCC(c2ccc(OC(F)F)c(OC3CC4CCC3C4)c2)CN1. The van der Waals surface area contributed by atoms with Crippen molar-refractivity contribution in [1.82, 2.24) is 10.6 Å². The van der Waals surface area contributed by atoms with Gasteiger partial charge in [-0.25, -0.2) is 4.79 Å². The summed E-state index contributed by atoms with van der Waals surface area (Å²) in [5, 5.41) is 5.50. The number of hydrogen-bond acceptors (Lipinski definition) is 3. The third kappa shape index (κ3) is 3.50. The minimum atomic E-state index is -2.89. The van der Waals surface area contributed by atoms with E-state index >= 15 is 0 Å². The average Bonchev–Trinajstić information content (AvgIpc) is 3.20. The Bertz CT molecular complexity index is 645. The molecule has 2 bridgehead atoms. The first-order valence-corrected chi connectivity index (χ1v) is 8.85. The van der Waals surface area contributed by atoms with E-state index in [0.717, 1.165) is 18.4 Å². The summed E-state index contributed by atoms with van der Waals surface area (Å²) in [6, 6.07) is 4.90. The Hall–Kier alpha value is -2.05. The lowest BCUT2D eigenvalue weighted by atomic mass is 9.96. The summed E-state index contributed by atoms with van der Waals surface area (Å²) in [5.41, 5.74) is 0.937. The molecule has 25 heavy (non-hydrogen) atoms. The lowest BCUT2D eigenvalue weighted by molar-refractivity contribution is -0.0524. The molecule has 136 valence electrons. The van der Waals surface area contributed by atoms with E-state index in [4.69, 9.17) is 4.74 Å². The molecule has 1 heterocycles. The monoisotopic (exact) mass is 352 g/mol. The van der Waals surface area contributed by atoms with Crippen molar-refractivity contribution in [2.75, 3.05) is 13.1 Å². The first kappa shape index (κ1) is 16.4. The van der Waals surface area contributed by atoms with Gasteiger partial charge in [-0.15, -0.1) is 0 Å². The maximum atomic E-state index is 12.7. The van der Waals surface area contributed by atoms with E-state index in [9.17, 15) is 13.6 Å². The molecule has 4 rings (SSSR count). The number of rotatable bonds is 5. The van der Waals surface area contributed by atoms with Gasteiger partial charge in [0, 0.05) is 19.0 Å². The normalized spacial score (nSPS) is 28.8. The van der Waals surface area contributed by atoms with Crippen LogP contribution < -0.4 is 20.1 Å². The molecule has 1 aliphatic heterocycles. The van der Waals surface area contributed by atoms with Crippen LogP contribution in [0.25, 0.3) is 0 Å². The Balaban J connectivity index is 1.55. The third-order valence-corrected chi connectivity index (χ3v) is 5.62. The molecular formula is C18H22F2N2O3. The lowest BCUT2D eigenvalue weighted by Crippen LogP contribution is -2.47. The van der Waals surface area contributed by atoms with E-state index < -0.39 is 6.61 Å². The molecule has 7 heteroatoms. The van der Waals surface area contributed by atoms with Crippen LogP contribution in [0.4, 0.5) is 13.6 Å². The maximum absolute atomic E-state index is 12.7. The molecule has 1 aromatic rings. The zero-order valence-corrected chi connectivity index (χ0v) is 13.8. The second-order valence-corrected chi connectivity index (χ2v) is 7.20. The van der Waals surface area contributed by atoms with Gasteiger partial charge < -0.3 is 20.1 Å². The summed E-state index contributed by atoms with van der Waals surface area (Å²) in [4.78, 5) is 11.2. The first-order chi connectivity index (χ1) is 12.1. The van der Waals surface area contributed by atoms with E-state index in [1.54, 1.807) is 18.2 Å². The number of halogens is 2. The number of benzene rings is 1. The van der Waals surface area contributed by atoms with Gasteiger partial charge in [0.1, 0.15) is 6.10 Å². The van der Waals surface area contributed by atoms with Crippen molar-refractivity contribution < 1.29 is 23.0 Å². The second kappa shape index (κ2) is 6.69. The van der Waals surface area contributed by atoms with Gasteiger partial charge in [0.2, 0.25) is 0 Å². The number of carbonyl (C=O) groups excluding carboxylic acids is 1. The summed E-state index contributed by atoms with van der Waals surface area (Å²) in [6.07, 6.45) is 4.65. The zero-order valence-electron chi connectivity index (χ0n) is 13.8. The van der Waals surface area contributed by atoms with Crippen molar-refractivity contribution in [1.29, 1.82) is 0 Å². The van der Waals surface area contributed by atoms with Crippen LogP contribution >= 0.6 is 0 Å². The van der Waals surface area contributed by atoms with Crippen LogP contribution in [-0.2, 0) is 0 Å². The Labute approximate surface area is 145 Å². The smallest absolute Gasteiger partial charge is 0.387 e. The van der Waals surface area contributed by atoms with E-state index in [1.807, 2.05) is 0 Å². The summed E-state index contributed by atoms with van der Waals surface area (Å²) >= 11 is 0. The fraction of sp³-hybridized carbons (Fsp3) is 0.611. The number of urea groups is 1. The molecule has 2 aliphatic carbocycles. The summed E-state index contributed by atoms with van der Waals surface area (Å²) in [6.45, 7) is -1.87. The second-order valence-electron chi connectivity index (χ2n) is 7.20. The van der Waals surface area contributed by atoms with E-state index in [-0.39, 0.29) is 23.8 Å². The van der Waals surface area contributed by atoms with Gasteiger partial charge in [0.15, 0.2) is 11.5 Å². The van der Waals surface area contributed by atoms with Gasteiger partial charge in [-0.05, 0) is 55.2 Å². The first-order valence-electron chi connectivity index (χ1n) is 8.85. The quantitative estimate of drug-likeness (QED) is 0.855. The highest BCUT2D eigenvalue weighted by Crippen LogP contribution is 2.47. The maximum Gasteiger partial charge on any atom is 0.387 e. The average molecular weight is 352 g/mol. The van der Waals surface area contributed by atoms with Crippen LogP contribution in [0.15, 0.2) is 18.2 Å². The standard InChI is InChI=1S/C18H22F2N2O3/c19-17(20)25-14-4-3-11(13-8-21-18(23)22-9-13)7-16(14)24-15-6-10-1-2-12(15)5-10/h3-4,7,10,12-13,15,17H,1-2,5-6,8-9H2,(H2,21,22,23). The number of nitrogens with one attached hydrogen (secondary N) is 2. The molecule has 2 amide bonds. The van der Waals surface area contributed by atoms with Crippen LogP contribution in [-0.4, -0.2) is 31.8 Å². The molecule has 5 nitrogen and oxygen atoms in total. The van der Waals surface area contributed by atoms with Crippen LogP contribution in [0.5, 0.6) is 11.5 Å². The summed E-state index contributed by atoms with van der Waals surface area (Å²) < 4.78 is 36.2. The van der Waals surface area contributed by atoms with E-state index in [1.165, 1.54) is 12.8 Å². The summed E-state index contributed by atoms with van der Waals surface area (Å²) in [7, 11) is 0. The molecular weight excluding hydrogens is 330 g/mol. The number of carbonyl (C=O) groups is 1. The molecule has 2 saturated carbocycles. The Morgan fingerprint density at radius 1 is 1.08 bits per heavy atom.